The molecule has 0 saturated carbocycles. The Labute approximate surface area is 241 Å². The molecule has 0 spiro atoms. The third-order valence-corrected chi connectivity index (χ3v) is 7.90. The van der Waals surface area contributed by atoms with E-state index in [1.807, 2.05) is 22.0 Å². The van der Waals surface area contributed by atoms with Gasteiger partial charge in [-0.15, -0.1) is 3.25 Å². The van der Waals surface area contributed by atoms with Crippen molar-refractivity contribution < 1.29 is 18.0 Å². The third-order valence-electron chi connectivity index (χ3n) is 6.53. The summed E-state index contributed by atoms with van der Waals surface area (Å²) in [6.07, 6.45) is 1.77. The van der Waals surface area contributed by atoms with Gasteiger partial charge in [0.1, 0.15) is 5.69 Å². The van der Waals surface area contributed by atoms with Gasteiger partial charge in [0.05, 0.1) is 17.3 Å². The van der Waals surface area contributed by atoms with Crippen LogP contribution < -0.4 is 10.6 Å². The van der Waals surface area contributed by atoms with Gasteiger partial charge in [0.15, 0.2) is 5.82 Å². The number of pyridine rings is 1. The van der Waals surface area contributed by atoms with Gasteiger partial charge in [0.2, 0.25) is 0 Å². The molecule has 0 radical (unpaired) electrons. The number of nitrogens with zero attached hydrogens (tertiary/aromatic N) is 5. The lowest BCUT2D eigenvalue weighted by Gasteiger charge is -2.40. The van der Waals surface area contributed by atoms with E-state index in [1.54, 1.807) is 31.8 Å². The highest BCUT2D eigenvalue weighted by molar-refractivity contribution is 14.2. The van der Waals surface area contributed by atoms with E-state index in [4.69, 9.17) is 0 Å². The molecule has 1 aliphatic heterocycles. The summed E-state index contributed by atoms with van der Waals surface area (Å²) in [6, 6.07) is 5.46. The molecule has 0 fully saturated rings. The zero-order valence-electron chi connectivity index (χ0n) is 22.5. The number of anilines is 1. The van der Waals surface area contributed by atoms with Crippen molar-refractivity contribution in [3.8, 4) is 11.8 Å². The quantitative estimate of drug-likeness (QED) is 0.241. The standard InChI is InChI=1S/C28H29F3IN7O/c1-5-38(13-12-33-4)27(2,3)23-9-7-21(15-24(23)28(29,30)31)36-26(40)20-14-19(16-34-17-20)6-8-22-18-35-25-10-11-32-37-39(22)25/h7,9-11,14-18,33H,5,12-13H2,1-4H3,(H,36,40). The highest BCUT2D eigenvalue weighted by Crippen LogP contribution is 2.40. The molecule has 0 bridgehead atoms. The first-order valence-corrected chi connectivity index (χ1v) is 14.7. The molecule has 0 unspecified atom stereocenters. The predicted octanol–water partition coefficient (Wildman–Crippen LogP) is 5.63. The van der Waals surface area contributed by atoms with E-state index in [2.05, 4.69) is 35.7 Å². The molecular weight excluding hydrogens is 634 g/mol. The zero-order chi connectivity index (χ0) is 28.9. The zero-order valence-corrected chi connectivity index (χ0v) is 24.6. The highest BCUT2D eigenvalue weighted by atomic mass is 127. The van der Waals surface area contributed by atoms with Crippen LogP contribution >= 0.6 is 21.0 Å². The summed E-state index contributed by atoms with van der Waals surface area (Å²) in [4.78, 5) is 23.3. The Bertz CT molecular complexity index is 1520. The summed E-state index contributed by atoms with van der Waals surface area (Å²) >= 11 is -0.438. The molecule has 2 aromatic heterocycles. The molecule has 12 heteroatoms. The molecule has 1 aromatic carbocycles. The van der Waals surface area contributed by atoms with Gasteiger partial charge in [-0.05, 0) is 67.3 Å². The smallest absolute Gasteiger partial charge is 0.322 e. The number of imidazole rings is 1. The second-order valence-electron chi connectivity index (χ2n) is 9.45. The fraction of sp³-hybridized carbons (Fsp3) is 0.321. The fourth-order valence-electron chi connectivity index (χ4n) is 4.40. The molecule has 210 valence electrons. The Hall–Kier alpha value is -3.41. The van der Waals surface area contributed by atoms with Crippen molar-refractivity contribution >= 4 is 38.7 Å². The Morgan fingerprint density at radius 3 is 2.65 bits per heavy atom. The van der Waals surface area contributed by atoms with Crippen LogP contribution in [0.25, 0.3) is 6.08 Å². The SMILES string of the molecule is CCN(CCNC)C(C)(C)c1ccc(NC(=O)c2cncc(C#Cc3cnc4n3N=IC=C4)c2)cc1C(F)(F)F. The molecule has 3 heterocycles. The highest BCUT2D eigenvalue weighted by Gasteiger charge is 2.40. The maximum Gasteiger partial charge on any atom is 0.416 e. The number of amides is 1. The van der Waals surface area contributed by atoms with Crippen LogP contribution in [0.5, 0.6) is 0 Å². The largest absolute Gasteiger partial charge is 0.416 e. The number of hydrogen-bond donors (Lipinski definition) is 2. The van der Waals surface area contributed by atoms with Crippen molar-refractivity contribution in [1.29, 1.82) is 0 Å². The van der Waals surface area contributed by atoms with Gasteiger partial charge in [0, 0.05) is 63.3 Å². The first-order chi connectivity index (χ1) is 19.0. The van der Waals surface area contributed by atoms with Crippen molar-refractivity contribution in [1.82, 2.24) is 24.9 Å². The van der Waals surface area contributed by atoms with E-state index in [0.717, 1.165) is 6.07 Å². The summed E-state index contributed by atoms with van der Waals surface area (Å²) in [5.74, 6) is 6.06. The van der Waals surface area contributed by atoms with Crippen LogP contribution in [-0.4, -0.2) is 52.1 Å². The molecule has 1 amide bonds. The number of fused-ring (bicyclic) bond motifs is 1. The molecule has 1 aliphatic rings. The average Bonchev–Trinajstić information content (AvgIpc) is 3.35. The van der Waals surface area contributed by atoms with Crippen LogP contribution in [0.2, 0.25) is 0 Å². The second kappa shape index (κ2) is 12.4. The molecular formula is C28H29F3IN7O. The summed E-state index contributed by atoms with van der Waals surface area (Å²) in [5.41, 5.74) is -0.249. The number of alkyl halides is 3. The molecule has 0 saturated heterocycles. The lowest BCUT2D eigenvalue weighted by atomic mass is 9.87. The summed E-state index contributed by atoms with van der Waals surface area (Å²) in [5, 5.41) is 5.62. The maximum absolute atomic E-state index is 14.2. The predicted molar refractivity (Wildman–Crippen MR) is 157 cm³/mol. The van der Waals surface area contributed by atoms with Crippen LogP contribution in [0.4, 0.5) is 18.9 Å². The van der Waals surface area contributed by atoms with Crippen LogP contribution in [0.1, 0.15) is 59.3 Å². The lowest BCUT2D eigenvalue weighted by Crippen LogP contribution is -2.45. The van der Waals surface area contributed by atoms with Gasteiger partial charge in [-0.3, -0.25) is 14.7 Å². The number of halogens is 4. The molecule has 0 aliphatic carbocycles. The van der Waals surface area contributed by atoms with E-state index in [1.165, 1.54) is 30.6 Å². The van der Waals surface area contributed by atoms with Crippen LogP contribution in [-0.2, 0) is 11.7 Å². The van der Waals surface area contributed by atoms with E-state index >= 15 is 0 Å². The van der Waals surface area contributed by atoms with Crippen LogP contribution in [0.15, 0.2) is 50.2 Å². The first-order valence-electron chi connectivity index (χ1n) is 12.5. The van der Waals surface area contributed by atoms with Crippen molar-refractivity contribution in [3.63, 3.8) is 0 Å². The van der Waals surface area contributed by atoms with Gasteiger partial charge >= 0.3 is 6.18 Å². The summed E-state index contributed by atoms with van der Waals surface area (Å²) in [6.45, 7) is 7.27. The van der Waals surface area contributed by atoms with Crippen LogP contribution in [0, 0.1) is 11.8 Å². The van der Waals surface area contributed by atoms with E-state index in [-0.39, 0.29) is 16.8 Å². The first kappa shape index (κ1) is 29.6. The summed E-state index contributed by atoms with van der Waals surface area (Å²) in [7, 11) is 1.80. The number of benzene rings is 1. The number of aromatic nitrogens is 3. The Morgan fingerprint density at radius 2 is 1.93 bits per heavy atom. The number of carbonyl (C=O) groups excluding carboxylic acids is 1. The number of nitrogens with one attached hydrogen (secondary N) is 2. The number of likely N-dealkylation sites (N-methyl/N-ethyl adjacent to an activating group) is 2. The number of carbonyl (C=O) groups is 1. The van der Waals surface area contributed by atoms with Crippen molar-refractivity contribution in [2.75, 3.05) is 32.0 Å². The summed E-state index contributed by atoms with van der Waals surface area (Å²) < 4.78 is 50.8. The third kappa shape index (κ3) is 6.65. The van der Waals surface area contributed by atoms with Crippen LogP contribution in [0.3, 0.4) is 0 Å². The lowest BCUT2D eigenvalue weighted by molar-refractivity contribution is -0.139. The Morgan fingerprint density at radius 1 is 1.12 bits per heavy atom. The van der Waals surface area contributed by atoms with Gasteiger partial charge in [-0.25, -0.2) is 9.66 Å². The normalized spacial score (nSPS) is 12.9. The van der Waals surface area contributed by atoms with E-state index in [9.17, 15) is 18.0 Å². The minimum atomic E-state index is -4.61. The topological polar surface area (TPSA) is 87.4 Å². The molecule has 40 heavy (non-hydrogen) atoms. The van der Waals surface area contributed by atoms with E-state index < -0.39 is 44.2 Å². The number of rotatable bonds is 8. The van der Waals surface area contributed by atoms with Gasteiger partial charge in [-0.1, -0.05) is 18.9 Å². The minimum absolute atomic E-state index is 0.0375. The molecule has 4 rings (SSSR count). The average molecular weight is 663 g/mol. The van der Waals surface area contributed by atoms with Gasteiger partial charge in [0.25, 0.3) is 5.91 Å². The van der Waals surface area contributed by atoms with Gasteiger partial charge < -0.3 is 10.6 Å². The fourth-order valence-corrected chi connectivity index (χ4v) is 5.73. The van der Waals surface area contributed by atoms with Crippen molar-refractivity contribution in [2.24, 2.45) is 3.25 Å². The van der Waals surface area contributed by atoms with Crippen molar-refractivity contribution in [3.05, 3.63) is 80.7 Å². The number of hydrogen-bond acceptors (Lipinski definition) is 6. The minimum Gasteiger partial charge on any atom is -0.322 e. The second-order valence-corrected chi connectivity index (χ2v) is 11.2. The van der Waals surface area contributed by atoms with Crippen molar-refractivity contribution in [2.45, 2.75) is 32.5 Å². The van der Waals surface area contributed by atoms with Gasteiger partial charge in [-0.2, -0.15) is 13.2 Å². The maximum atomic E-state index is 14.2. The molecule has 0 atom stereocenters. The molecule has 8 nitrogen and oxygen atoms in total. The van der Waals surface area contributed by atoms with E-state index in [0.29, 0.717) is 36.7 Å². The molecule has 3 aromatic rings. The molecule has 2 N–H and O–H groups in total. The Kier molecular flexibility index (Phi) is 9.17. The monoisotopic (exact) mass is 663 g/mol. The Balaban J connectivity index is 1.57.